The first kappa shape index (κ1) is 16.1. The van der Waals surface area contributed by atoms with E-state index in [1.54, 1.807) is 0 Å². The van der Waals surface area contributed by atoms with E-state index in [1.165, 1.54) is 37.7 Å². The first-order valence-corrected chi connectivity index (χ1v) is 9.63. The fraction of sp³-hybridized carbons (Fsp3) is 0.650. The summed E-state index contributed by atoms with van der Waals surface area (Å²) in [5, 5.41) is 6.68. The van der Waals surface area contributed by atoms with Gasteiger partial charge in [0, 0.05) is 18.8 Å². The molecule has 1 spiro atoms. The summed E-state index contributed by atoms with van der Waals surface area (Å²) >= 11 is 0. The third-order valence-electron chi connectivity index (χ3n) is 6.29. The molecule has 1 aromatic rings. The minimum Gasteiger partial charge on any atom is -0.324 e. The lowest BCUT2D eigenvalue weighted by molar-refractivity contribution is -0.131. The quantitative estimate of drug-likeness (QED) is 0.877. The summed E-state index contributed by atoms with van der Waals surface area (Å²) in [7, 11) is 0. The van der Waals surface area contributed by atoms with E-state index in [2.05, 4.69) is 27.7 Å². The summed E-state index contributed by atoms with van der Waals surface area (Å²) in [6.07, 6.45) is 8.59. The Kier molecular flexibility index (Phi) is 4.59. The standard InChI is InChI=1S/C20H29N3O/c24-19-20(10-12-21-13-11-20)23(14-16-6-2-1-3-7-16)15-17-8-4-5-9-18(17)22-19/h4-5,8-9,16,21H,1-3,6-7,10-15H2,(H,22,24). The Balaban J connectivity index is 1.65. The van der Waals surface area contributed by atoms with Crippen LogP contribution in [-0.4, -0.2) is 36.0 Å². The first-order chi connectivity index (χ1) is 11.8. The lowest BCUT2D eigenvalue weighted by Crippen LogP contribution is -2.61. The maximum absolute atomic E-state index is 13.2. The van der Waals surface area contributed by atoms with E-state index in [9.17, 15) is 4.79 Å². The smallest absolute Gasteiger partial charge is 0.245 e. The minimum atomic E-state index is -0.332. The molecule has 0 unspecified atom stereocenters. The Bertz CT molecular complexity index is 588. The van der Waals surface area contributed by atoms with Gasteiger partial charge in [0.15, 0.2) is 0 Å². The van der Waals surface area contributed by atoms with Gasteiger partial charge in [-0.05, 0) is 56.3 Å². The van der Waals surface area contributed by atoms with Crippen LogP contribution in [0.25, 0.3) is 0 Å². The van der Waals surface area contributed by atoms with Gasteiger partial charge in [-0.3, -0.25) is 9.69 Å². The van der Waals surface area contributed by atoms with Crippen LogP contribution in [0.4, 0.5) is 5.69 Å². The van der Waals surface area contributed by atoms with Crippen LogP contribution in [0, 0.1) is 5.92 Å². The van der Waals surface area contributed by atoms with Crippen LogP contribution >= 0.6 is 0 Å². The fourth-order valence-electron chi connectivity index (χ4n) is 4.82. The minimum absolute atomic E-state index is 0.213. The third kappa shape index (κ3) is 2.98. The van der Waals surface area contributed by atoms with Crippen LogP contribution in [0.5, 0.6) is 0 Å². The van der Waals surface area contributed by atoms with Gasteiger partial charge in [0.2, 0.25) is 5.91 Å². The number of piperidine rings is 1. The number of benzene rings is 1. The monoisotopic (exact) mass is 327 g/mol. The number of nitrogens with one attached hydrogen (secondary N) is 2. The van der Waals surface area contributed by atoms with Gasteiger partial charge in [-0.15, -0.1) is 0 Å². The number of rotatable bonds is 2. The van der Waals surface area contributed by atoms with Gasteiger partial charge >= 0.3 is 0 Å². The van der Waals surface area contributed by atoms with Crippen molar-refractivity contribution in [3.63, 3.8) is 0 Å². The summed E-state index contributed by atoms with van der Waals surface area (Å²) in [5.74, 6) is 0.966. The molecule has 1 saturated carbocycles. The molecule has 1 aliphatic carbocycles. The van der Waals surface area contributed by atoms with Gasteiger partial charge in [0.05, 0.1) is 0 Å². The molecular weight excluding hydrogens is 298 g/mol. The Hall–Kier alpha value is -1.39. The van der Waals surface area contributed by atoms with Gasteiger partial charge < -0.3 is 10.6 Å². The predicted octanol–water partition coefficient (Wildman–Crippen LogP) is 3.14. The van der Waals surface area contributed by atoms with Crippen molar-refractivity contribution in [1.29, 1.82) is 0 Å². The van der Waals surface area contributed by atoms with Crippen molar-refractivity contribution in [2.24, 2.45) is 5.92 Å². The van der Waals surface area contributed by atoms with Crippen molar-refractivity contribution < 1.29 is 4.79 Å². The van der Waals surface area contributed by atoms with Crippen LogP contribution in [0.1, 0.15) is 50.5 Å². The largest absolute Gasteiger partial charge is 0.324 e. The molecule has 24 heavy (non-hydrogen) atoms. The SMILES string of the molecule is O=C1Nc2ccccc2CN(CC2CCCCC2)C12CCNCC2. The summed E-state index contributed by atoms with van der Waals surface area (Å²) in [4.78, 5) is 15.8. The number of carbonyl (C=O) groups excluding carboxylic acids is 1. The Morgan fingerprint density at radius 3 is 2.62 bits per heavy atom. The number of hydrogen-bond donors (Lipinski definition) is 2. The van der Waals surface area contributed by atoms with E-state index in [-0.39, 0.29) is 11.4 Å². The van der Waals surface area contributed by atoms with E-state index >= 15 is 0 Å². The molecule has 1 saturated heterocycles. The number of anilines is 1. The second-order valence-corrected chi connectivity index (χ2v) is 7.78. The van der Waals surface area contributed by atoms with Crippen molar-refractivity contribution in [3.8, 4) is 0 Å². The molecule has 0 aromatic heterocycles. The summed E-state index contributed by atoms with van der Waals surface area (Å²) in [5.41, 5.74) is 1.94. The maximum Gasteiger partial charge on any atom is 0.245 e. The van der Waals surface area contributed by atoms with Gasteiger partial charge in [-0.1, -0.05) is 37.5 Å². The average molecular weight is 327 g/mol. The number of fused-ring (bicyclic) bond motifs is 1. The number of nitrogens with zero attached hydrogens (tertiary/aromatic N) is 1. The lowest BCUT2D eigenvalue weighted by atomic mass is 9.82. The fourth-order valence-corrected chi connectivity index (χ4v) is 4.82. The van der Waals surface area contributed by atoms with Crippen molar-refractivity contribution in [2.75, 3.05) is 25.0 Å². The zero-order valence-electron chi connectivity index (χ0n) is 14.5. The Morgan fingerprint density at radius 2 is 1.83 bits per heavy atom. The van der Waals surface area contributed by atoms with Gasteiger partial charge in [0.25, 0.3) is 0 Å². The zero-order valence-corrected chi connectivity index (χ0v) is 14.5. The van der Waals surface area contributed by atoms with Crippen molar-refractivity contribution >= 4 is 11.6 Å². The van der Waals surface area contributed by atoms with Crippen LogP contribution < -0.4 is 10.6 Å². The molecule has 2 heterocycles. The molecule has 2 aliphatic heterocycles. The molecule has 4 heteroatoms. The summed E-state index contributed by atoms with van der Waals surface area (Å²) < 4.78 is 0. The maximum atomic E-state index is 13.2. The van der Waals surface area contributed by atoms with Crippen LogP contribution in [-0.2, 0) is 11.3 Å². The first-order valence-electron chi connectivity index (χ1n) is 9.63. The lowest BCUT2D eigenvalue weighted by Gasteiger charge is -2.45. The topological polar surface area (TPSA) is 44.4 Å². The van der Waals surface area contributed by atoms with Gasteiger partial charge in [0.1, 0.15) is 5.54 Å². The third-order valence-corrected chi connectivity index (χ3v) is 6.29. The second kappa shape index (κ2) is 6.85. The molecule has 4 nitrogen and oxygen atoms in total. The molecule has 3 aliphatic rings. The van der Waals surface area contributed by atoms with Crippen LogP contribution in [0.3, 0.4) is 0 Å². The van der Waals surface area contributed by atoms with Gasteiger partial charge in [-0.25, -0.2) is 0 Å². The Morgan fingerprint density at radius 1 is 1.08 bits per heavy atom. The molecule has 130 valence electrons. The molecule has 0 bridgehead atoms. The summed E-state index contributed by atoms with van der Waals surface area (Å²) in [6.45, 7) is 3.84. The molecule has 0 atom stereocenters. The number of carbonyl (C=O) groups is 1. The van der Waals surface area contributed by atoms with E-state index in [0.717, 1.165) is 50.6 Å². The van der Waals surface area contributed by atoms with E-state index in [1.807, 2.05) is 12.1 Å². The second-order valence-electron chi connectivity index (χ2n) is 7.78. The van der Waals surface area contributed by atoms with E-state index in [0.29, 0.717) is 0 Å². The van der Waals surface area contributed by atoms with Gasteiger partial charge in [-0.2, -0.15) is 0 Å². The van der Waals surface area contributed by atoms with Crippen molar-refractivity contribution in [3.05, 3.63) is 29.8 Å². The highest BCUT2D eigenvalue weighted by atomic mass is 16.2. The highest BCUT2D eigenvalue weighted by Crippen LogP contribution is 2.36. The van der Waals surface area contributed by atoms with E-state index in [4.69, 9.17) is 0 Å². The normalized spacial score (nSPS) is 25.1. The molecule has 0 radical (unpaired) electrons. The highest BCUT2D eigenvalue weighted by Gasteiger charge is 2.47. The zero-order chi connectivity index (χ0) is 16.4. The molecule has 4 rings (SSSR count). The average Bonchev–Trinajstić information content (AvgIpc) is 2.73. The van der Waals surface area contributed by atoms with Crippen LogP contribution in [0.15, 0.2) is 24.3 Å². The van der Waals surface area contributed by atoms with Crippen molar-refractivity contribution in [2.45, 2.75) is 57.0 Å². The number of para-hydroxylation sites is 1. The predicted molar refractivity (Wildman–Crippen MR) is 96.9 cm³/mol. The summed E-state index contributed by atoms with van der Waals surface area (Å²) in [6, 6.07) is 8.32. The number of amides is 1. The molecule has 1 aromatic carbocycles. The molecule has 2 N–H and O–H groups in total. The number of hydrogen-bond acceptors (Lipinski definition) is 3. The molecule has 1 amide bonds. The van der Waals surface area contributed by atoms with Crippen molar-refractivity contribution in [1.82, 2.24) is 10.2 Å². The molecule has 2 fully saturated rings. The Labute approximate surface area is 145 Å². The highest BCUT2D eigenvalue weighted by molar-refractivity contribution is 5.99. The van der Waals surface area contributed by atoms with E-state index < -0.39 is 0 Å². The van der Waals surface area contributed by atoms with Crippen LogP contribution in [0.2, 0.25) is 0 Å². The molecular formula is C20H29N3O.